The highest BCUT2D eigenvalue weighted by Gasteiger charge is 2.29. The largest absolute Gasteiger partial charge is 0.497 e. The Morgan fingerprint density at radius 1 is 1.23 bits per heavy atom. The van der Waals surface area contributed by atoms with Crippen LogP contribution in [0.1, 0.15) is 11.6 Å². The number of nitrogens with zero attached hydrogens (tertiary/aromatic N) is 1. The van der Waals surface area contributed by atoms with Crippen molar-refractivity contribution in [1.82, 2.24) is 10.2 Å². The number of hydrogen-bond donors (Lipinski definition) is 1. The first-order valence-electron chi connectivity index (χ1n) is 8.20. The first-order valence-corrected chi connectivity index (χ1v) is 8.58. The smallest absolute Gasteiger partial charge is 0.261 e. The molecule has 0 aromatic heterocycles. The van der Waals surface area contributed by atoms with Crippen molar-refractivity contribution < 1.29 is 14.3 Å². The second-order valence-corrected chi connectivity index (χ2v) is 6.20. The molecule has 1 fully saturated rings. The molecule has 7 heteroatoms. The Morgan fingerprint density at radius 3 is 2.77 bits per heavy atom. The van der Waals surface area contributed by atoms with Crippen LogP contribution in [-0.2, 0) is 4.79 Å². The van der Waals surface area contributed by atoms with Crippen molar-refractivity contribution in [1.29, 1.82) is 0 Å². The summed E-state index contributed by atoms with van der Waals surface area (Å²) in [6, 6.07) is 14.8. The van der Waals surface area contributed by atoms with Gasteiger partial charge in [-0.3, -0.25) is 4.79 Å². The SMILES string of the molecule is COc1cccc(OCC(=O)N2CCNCC2c2ccccc2Cl)c1.Cl. The number of halogens is 2. The third kappa shape index (κ3) is 4.81. The van der Waals surface area contributed by atoms with Crippen molar-refractivity contribution in [2.24, 2.45) is 0 Å². The molecule has 1 amide bonds. The molecule has 1 N–H and O–H groups in total. The second-order valence-electron chi connectivity index (χ2n) is 5.80. The minimum atomic E-state index is -0.0936. The molecule has 0 bridgehead atoms. The normalized spacial score (nSPS) is 16.5. The van der Waals surface area contributed by atoms with Gasteiger partial charge in [0.25, 0.3) is 5.91 Å². The van der Waals surface area contributed by atoms with E-state index in [0.717, 1.165) is 12.1 Å². The molecule has 2 aromatic carbocycles. The Morgan fingerprint density at radius 2 is 2.00 bits per heavy atom. The van der Waals surface area contributed by atoms with E-state index in [-0.39, 0.29) is 31.0 Å². The molecule has 0 saturated carbocycles. The number of carbonyl (C=O) groups excluding carboxylic acids is 1. The van der Waals surface area contributed by atoms with Gasteiger partial charge in [-0.1, -0.05) is 35.9 Å². The molecular formula is C19H22Cl2N2O3. The number of benzene rings is 2. The molecule has 1 aliphatic heterocycles. The molecule has 140 valence electrons. The van der Waals surface area contributed by atoms with Gasteiger partial charge in [-0.05, 0) is 23.8 Å². The molecule has 0 radical (unpaired) electrons. The number of piperazine rings is 1. The van der Waals surface area contributed by atoms with Crippen LogP contribution in [0.3, 0.4) is 0 Å². The topological polar surface area (TPSA) is 50.8 Å². The van der Waals surface area contributed by atoms with Crippen molar-refractivity contribution >= 4 is 29.9 Å². The van der Waals surface area contributed by atoms with Crippen molar-refractivity contribution in [3.63, 3.8) is 0 Å². The summed E-state index contributed by atoms with van der Waals surface area (Å²) in [7, 11) is 1.60. The molecule has 5 nitrogen and oxygen atoms in total. The maximum atomic E-state index is 12.7. The average molecular weight is 397 g/mol. The fourth-order valence-corrected chi connectivity index (χ4v) is 3.21. The van der Waals surface area contributed by atoms with Crippen LogP contribution < -0.4 is 14.8 Å². The molecule has 1 saturated heterocycles. The maximum Gasteiger partial charge on any atom is 0.261 e. The number of hydrogen-bond acceptors (Lipinski definition) is 4. The number of nitrogens with one attached hydrogen (secondary N) is 1. The lowest BCUT2D eigenvalue weighted by Crippen LogP contribution is -2.50. The van der Waals surface area contributed by atoms with E-state index in [1.54, 1.807) is 19.2 Å². The lowest BCUT2D eigenvalue weighted by Gasteiger charge is -2.36. The second kappa shape index (κ2) is 9.67. The summed E-state index contributed by atoms with van der Waals surface area (Å²) < 4.78 is 10.8. The van der Waals surface area contributed by atoms with Gasteiger partial charge in [0.15, 0.2) is 6.61 Å². The predicted molar refractivity (Wildman–Crippen MR) is 105 cm³/mol. The zero-order chi connectivity index (χ0) is 17.6. The van der Waals surface area contributed by atoms with Gasteiger partial charge >= 0.3 is 0 Å². The number of methoxy groups -OCH3 is 1. The van der Waals surface area contributed by atoms with E-state index in [1.165, 1.54) is 0 Å². The van der Waals surface area contributed by atoms with Crippen molar-refractivity contribution in [2.75, 3.05) is 33.4 Å². The van der Waals surface area contributed by atoms with Gasteiger partial charge in [-0.2, -0.15) is 0 Å². The highest BCUT2D eigenvalue weighted by atomic mass is 35.5. The van der Waals surface area contributed by atoms with Crippen molar-refractivity contribution in [3.8, 4) is 11.5 Å². The molecule has 1 heterocycles. The van der Waals surface area contributed by atoms with Gasteiger partial charge in [0.05, 0.1) is 13.2 Å². The van der Waals surface area contributed by atoms with E-state index in [9.17, 15) is 4.79 Å². The number of carbonyl (C=O) groups is 1. The van der Waals surface area contributed by atoms with Gasteiger partial charge in [-0.25, -0.2) is 0 Å². The van der Waals surface area contributed by atoms with Crippen LogP contribution >= 0.6 is 24.0 Å². The van der Waals surface area contributed by atoms with Gasteiger partial charge < -0.3 is 19.7 Å². The van der Waals surface area contributed by atoms with Crippen LogP contribution in [0.25, 0.3) is 0 Å². The maximum absolute atomic E-state index is 12.7. The van der Waals surface area contributed by atoms with E-state index >= 15 is 0 Å². The van der Waals surface area contributed by atoms with Crippen LogP contribution in [0.4, 0.5) is 0 Å². The van der Waals surface area contributed by atoms with E-state index < -0.39 is 0 Å². The van der Waals surface area contributed by atoms with E-state index in [4.69, 9.17) is 21.1 Å². The molecule has 3 rings (SSSR count). The van der Waals surface area contributed by atoms with Gasteiger partial charge in [0.1, 0.15) is 11.5 Å². The molecule has 0 spiro atoms. The first-order chi connectivity index (χ1) is 12.2. The Labute approximate surface area is 164 Å². The van der Waals surface area contributed by atoms with Gasteiger partial charge in [-0.15, -0.1) is 12.4 Å². The first kappa shape index (κ1) is 20.4. The Hall–Kier alpha value is -1.95. The quantitative estimate of drug-likeness (QED) is 0.841. The Kier molecular flexibility index (Phi) is 7.57. The Balaban J connectivity index is 0.00000243. The third-order valence-electron chi connectivity index (χ3n) is 4.23. The standard InChI is InChI=1S/C19H21ClN2O3.ClH/c1-24-14-5-4-6-15(11-14)25-13-19(23)22-10-9-21-12-18(22)16-7-2-3-8-17(16)20;/h2-8,11,18,21H,9-10,12-13H2,1H3;1H. The van der Waals surface area contributed by atoms with Crippen LogP contribution in [0.15, 0.2) is 48.5 Å². The van der Waals surface area contributed by atoms with Gasteiger partial charge in [0.2, 0.25) is 0 Å². The van der Waals surface area contributed by atoms with Gasteiger partial charge in [0, 0.05) is 30.7 Å². The molecule has 26 heavy (non-hydrogen) atoms. The van der Waals surface area contributed by atoms with Crippen LogP contribution in [0.2, 0.25) is 5.02 Å². The number of amides is 1. The zero-order valence-electron chi connectivity index (χ0n) is 14.5. The van der Waals surface area contributed by atoms with Crippen molar-refractivity contribution in [3.05, 3.63) is 59.1 Å². The molecule has 2 aromatic rings. The number of ether oxygens (including phenoxy) is 2. The lowest BCUT2D eigenvalue weighted by molar-refractivity contribution is -0.136. The summed E-state index contributed by atoms with van der Waals surface area (Å²) in [6.07, 6.45) is 0. The predicted octanol–water partition coefficient (Wildman–Crippen LogP) is 3.32. The van der Waals surface area contributed by atoms with Crippen LogP contribution in [0.5, 0.6) is 11.5 Å². The summed E-state index contributed by atoms with van der Waals surface area (Å²) in [5, 5.41) is 3.99. The summed E-state index contributed by atoms with van der Waals surface area (Å²) >= 11 is 6.32. The van der Waals surface area contributed by atoms with Crippen LogP contribution in [0, 0.1) is 0 Å². The average Bonchev–Trinajstić information content (AvgIpc) is 2.66. The summed E-state index contributed by atoms with van der Waals surface area (Å²) in [6.45, 7) is 2.03. The fourth-order valence-electron chi connectivity index (χ4n) is 2.94. The zero-order valence-corrected chi connectivity index (χ0v) is 16.1. The molecule has 1 aliphatic rings. The molecule has 1 atom stereocenters. The highest BCUT2D eigenvalue weighted by Crippen LogP contribution is 2.28. The summed E-state index contributed by atoms with van der Waals surface area (Å²) in [4.78, 5) is 14.6. The van der Waals surface area contributed by atoms with Crippen LogP contribution in [-0.4, -0.2) is 44.2 Å². The Bertz CT molecular complexity index is 742. The van der Waals surface area contributed by atoms with E-state index in [2.05, 4.69) is 5.32 Å². The monoisotopic (exact) mass is 396 g/mol. The summed E-state index contributed by atoms with van der Waals surface area (Å²) in [5.41, 5.74) is 0.950. The molecular weight excluding hydrogens is 375 g/mol. The third-order valence-corrected chi connectivity index (χ3v) is 4.58. The number of rotatable bonds is 5. The van der Waals surface area contributed by atoms with E-state index in [1.807, 2.05) is 41.3 Å². The highest BCUT2D eigenvalue weighted by molar-refractivity contribution is 6.31. The minimum absolute atomic E-state index is 0. The lowest BCUT2D eigenvalue weighted by atomic mass is 10.0. The minimum Gasteiger partial charge on any atom is -0.497 e. The van der Waals surface area contributed by atoms with E-state index in [0.29, 0.717) is 29.6 Å². The molecule has 0 aliphatic carbocycles. The fraction of sp³-hybridized carbons (Fsp3) is 0.316. The summed E-state index contributed by atoms with van der Waals surface area (Å²) in [5.74, 6) is 1.24. The molecule has 1 unspecified atom stereocenters. The van der Waals surface area contributed by atoms with Crippen molar-refractivity contribution in [2.45, 2.75) is 6.04 Å².